The second-order valence-corrected chi connectivity index (χ2v) is 16.4. The van der Waals surface area contributed by atoms with E-state index in [-0.39, 0.29) is 11.1 Å². The Bertz CT molecular complexity index is 861. The van der Waals surface area contributed by atoms with E-state index < -0.39 is 8.32 Å². The fraction of sp³-hybridized carbons (Fsp3) is 0.583. The first-order chi connectivity index (χ1) is 19.0. The third-order valence-corrected chi connectivity index (χ3v) is 13.1. The Morgan fingerprint density at radius 1 is 0.667 bits per heavy atom. The second kappa shape index (κ2) is 19.2. The lowest BCUT2D eigenvalue weighted by molar-refractivity contribution is -0.107. The molecule has 39 heavy (non-hydrogen) atoms. The zero-order valence-corrected chi connectivity index (χ0v) is 26.5. The van der Waals surface area contributed by atoms with Gasteiger partial charge in [0.1, 0.15) is 6.29 Å². The van der Waals surface area contributed by atoms with E-state index in [1.54, 1.807) is 0 Å². The molecule has 0 heterocycles. The molecule has 2 aromatic rings. The van der Waals surface area contributed by atoms with Crippen molar-refractivity contribution in [1.29, 1.82) is 0 Å². The van der Waals surface area contributed by atoms with Crippen LogP contribution in [0.2, 0.25) is 5.04 Å². The quantitative estimate of drug-likeness (QED) is 0.0672. The third-order valence-electron chi connectivity index (χ3n) is 7.98. The van der Waals surface area contributed by atoms with Crippen LogP contribution in [0.15, 0.2) is 72.8 Å². The number of carbonyl (C=O) groups excluding carboxylic acids is 1. The molecule has 0 aliphatic heterocycles. The SMILES string of the molecule is CCC(CC/C=C\CCCCCCCCCCCCC=O)O[Si](c1ccccc1)(c1ccccc1)C(C)(C)C. The van der Waals surface area contributed by atoms with Crippen LogP contribution in [0.25, 0.3) is 0 Å². The van der Waals surface area contributed by atoms with Gasteiger partial charge >= 0.3 is 0 Å². The summed E-state index contributed by atoms with van der Waals surface area (Å²) < 4.78 is 7.34. The molecule has 0 N–H and O–H groups in total. The molecule has 0 amide bonds. The smallest absolute Gasteiger partial charge is 0.261 e. The summed E-state index contributed by atoms with van der Waals surface area (Å²) in [6.45, 7) is 9.37. The molecule has 1 atom stereocenters. The van der Waals surface area contributed by atoms with Crippen molar-refractivity contribution in [3.05, 3.63) is 72.8 Å². The molecule has 3 heteroatoms. The van der Waals surface area contributed by atoms with Crippen molar-refractivity contribution in [2.45, 2.75) is 135 Å². The summed E-state index contributed by atoms with van der Waals surface area (Å²) in [6.07, 6.45) is 24.3. The molecular weight excluding hydrogens is 492 g/mol. The molecule has 0 aliphatic carbocycles. The number of hydrogen-bond donors (Lipinski definition) is 0. The van der Waals surface area contributed by atoms with Gasteiger partial charge in [0.15, 0.2) is 0 Å². The molecule has 1 unspecified atom stereocenters. The van der Waals surface area contributed by atoms with E-state index in [4.69, 9.17) is 4.43 Å². The highest BCUT2D eigenvalue weighted by Crippen LogP contribution is 2.38. The largest absolute Gasteiger partial charge is 0.404 e. The Morgan fingerprint density at radius 2 is 1.10 bits per heavy atom. The van der Waals surface area contributed by atoms with E-state index in [1.807, 2.05) is 0 Å². The van der Waals surface area contributed by atoms with Crippen LogP contribution < -0.4 is 10.4 Å². The standard InChI is InChI=1S/C36H56O2Si/c1-5-33(27-21-17-15-13-11-9-7-6-8-10-12-14-16-18-26-32-37)38-39(36(2,3)4,34-28-22-19-23-29-34)35-30-24-20-25-31-35/h15,17,19-20,22-25,28-33H,5-14,16,18,21,26-27H2,1-4H3/b17-15-. The van der Waals surface area contributed by atoms with Crippen molar-refractivity contribution in [3.63, 3.8) is 0 Å². The molecule has 0 fully saturated rings. The topological polar surface area (TPSA) is 26.3 Å². The predicted octanol–water partition coefficient (Wildman–Crippen LogP) is 9.56. The molecule has 0 radical (unpaired) electrons. The molecule has 0 saturated carbocycles. The van der Waals surface area contributed by atoms with Gasteiger partial charge in [-0.3, -0.25) is 0 Å². The summed E-state index contributed by atoms with van der Waals surface area (Å²) in [5.41, 5.74) is 0. The van der Waals surface area contributed by atoms with Gasteiger partial charge in [-0.2, -0.15) is 0 Å². The van der Waals surface area contributed by atoms with E-state index in [0.29, 0.717) is 0 Å². The highest BCUT2D eigenvalue weighted by Gasteiger charge is 2.51. The molecule has 0 saturated heterocycles. The van der Waals surface area contributed by atoms with Gasteiger partial charge < -0.3 is 9.22 Å². The van der Waals surface area contributed by atoms with E-state index in [2.05, 4.69) is 101 Å². The lowest BCUT2D eigenvalue weighted by Crippen LogP contribution is -2.67. The first kappa shape index (κ1) is 33.2. The Labute approximate surface area is 241 Å². The van der Waals surface area contributed by atoms with E-state index in [9.17, 15) is 4.79 Å². The van der Waals surface area contributed by atoms with Crippen LogP contribution in [0.3, 0.4) is 0 Å². The maximum absolute atomic E-state index is 10.3. The Hall–Kier alpha value is -1.97. The van der Waals surface area contributed by atoms with Gasteiger partial charge in [0.2, 0.25) is 0 Å². The van der Waals surface area contributed by atoms with Crippen LogP contribution in [0.5, 0.6) is 0 Å². The van der Waals surface area contributed by atoms with Crippen molar-refractivity contribution in [1.82, 2.24) is 0 Å². The second-order valence-electron chi connectivity index (χ2n) is 12.1. The summed E-state index contributed by atoms with van der Waals surface area (Å²) >= 11 is 0. The Kier molecular flexibility index (Phi) is 16.3. The molecular formula is C36H56O2Si. The molecule has 0 aliphatic rings. The van der Waals surface area contributed by atoms with E-state index in [0.717, 1.165) is 38.4 Å². The van der Waals surface area contributed by atoms with Crippen molar-refractivity contribution < 1.29 is 9.22 Å². The molecule has 0 aromatic heterocycles. The fourth-order valence-electron chi connectivity index (χ4n) is 5.71. The molecule has 2 nitrogen and oxygen atoms in total. The molecule has 0 spiro atoms. The predicted molar refractivity (Wildman–Crippen MR) is 173 cm³/mol. The lowest BCUT2D eigenvalue weighted by atomic mass is 10.0. The van der Waals surface area contributed by atoms with Crippen LogP contribution in [0.1, 0.15) is 124 Å². The fourth-order valence-corrected chi connectivity index (χ4v) is 10.5. The van der Waals surface area contributed by atoms with Gasteiger partial charge in [0, 0.05) is 12.5 Å². The van der Waals surface area contributed by atoms with Crippen LogP contribution in [0, 0.1) is 0 Å². The van der Waals surface area contributed by atoms with Crippen LogP contribution in [-0.2, 0) is 9.22 Å². The van der Waals surface area contributed by atoms with Gasteiger partial charge in [-0.05, 0) is 53.9 Å². The number of benzene rings is 2. The number of aldehydes is 1. The highest BCUT2D eigenvalue weighted by molar-refractivity contribution is 6.99. The normalized spacial score (nSPS) is 13.1. The maximum atomic E-state index is 10.3. The summed E-state index contributed by atoms with van der Waals surface area (Å²) in [5, 5.41) is 2.76. The Morgan fingerprint density at radius 3 is 1.54 bits per heavy atom. The minimum atomic E-state index is -2.48. The minimum Gasteiger partial charge on any atom is -0.404 e. The molecule has 216 valence electrons. The number of rotatable bonds is 21. The van der Waals surface area contributed by atoms with Gasteiger partial charge in [0.25, 0.3) is 8.32 Å². The van der Waals surface area contributed by atoms with Gasteiger partial charge in [-0.25, -0.2) is 0 Å². The van der Waals surface area contributed by atoms with E-state index in [1.165, 1.54) is 74.6 Å². The first-order valence-electron chi connectivity index (χ1n) is 15.8. The molecule has 2 rings (SSSR count). The molecule has 2 aromatic carbocycles. The zero-order chi connectivity index (χ0) is 28.2. The van der Waals surface area contributed by atoms with Gasteiger partial charge in [-0.15, -0.1) is 0 Å². The summed E-state index contributed by atoms with van der Waals surface area (Å²) in [7, 11) is -2.48. The van der Waals surface area contributed by atoms with E-state index >= 15 is 0 Å². The average Bonchev–Trinajstić information content (AvgIpc) is 2.94. The number of unbranched alkanes of at least 4 members (excludes halogenated alkanes) is 11. The first-order valence-corrected chi connectivity index (χ1v) is 17.7. The van der Waals surface area contributed by atoms with Crippen LogP contribution in [-0.4, -0.2) is 20.7 Å². The average molecular weight is 549 g/mol. The van der Waals surface area contributed by atoms with Crippen LogP contribution >= 0.6 is 0 Å². The van der Waals surface area contributed by atoms with Crippen LogP contribution in [0.4, 0.5) is 0 Å². The number of hydrogen-bond acceptors (Lipinski definition) is 2. The monoisotopic (exact) mass is 548 g/mol. The zero-order valence-electron chi connectivity index (χ0n) is 25.5. The Balaban J connectivity index is 1.78. The van der Waals surface area contributed by atoms with Crippen molar-refractivity contribution in [3.8, 4) is 0 Å². The number of carbonyl (C=O) groups is 1. The summed E-state index contributed by atoms with van der Waals surface area (Å²) in [5.74, 6) is 0. The lowest BCUT2D eigenvalue weighted by Gasteiger charge is -2.45. The number of allylic oxidation sites excluding steroid dienone is 2. The van der Waals surface area contributed by atoms with Crippen molar-refractivity contribution in [2.75, 3.05) is 0 Å². The summed E-state index contributed by atoms with van der Waals surface area (Å²) in [4.78, 5) is 10.3. The van der Waals surface area contributed by atoms with Crippen molar-refractivity contribution >= 4 is 25.0 Å². The minimum absolute atomic E-state index is 0.0239. The van der Waals surface area contributed by atoms with Crippen molar-refractivity contribution in [2.24, 2.45) is 0 Å². The van der Waals surface area contributed by atoms with Gasteiger partial charge in [0.05, 0.1) is 0 Å². The maximum Gasteiger partial charge on any atom is 0.261 e. The third kappa shape index (κ3) is 11.6. The summed E-state index contributed by atoms with van der Waals surface area (Å²) in [6, 6.07) is 22.0. The van der Waals surface area contributed by atoms with Gasteiger partial charge in [-0.1, -0.05) is 152 Å². The molecule has 0 bridgehead atoms. The highest BCUT2D eigenvalue weighted by atomic mass is 28.4.